The van der Waals surface area contributed by atoms with E-state index in [0.29, 0.717) is 4.47 Å². The van der Waals surface area contributed by atoms with Crippen LogP contribution in [-0.2, 0) is 6.18 Å². The molecule has 0 saturated heterocycles. The van der Waals surface area contributed by atoms with Crippen molar-refractivity contribution >= 4 is 15.9 Å². The Bertz CT molecular complexity index is 415. The summed E-state index contributed by atoms with van der Waals surface area (Å²) in [6, 6.07) is 3.83. The molecule has 0 amide bonds. The first-order valence-electron chi connectivity index (χ1n) is 4.01. The standard InChI is InChI=1S/C10H7BrF3N/c11-8-4-3-7(2-1-5-15)9(6-8)10(12,13)14/h3-4,6H,5,15H2. The van der Waals surface area contributed by atoms with E-state index in [1.165, 1.54) is 12.1 Å². The van der Waals surface area contributed by atoms with Crippen molar-refractivity contribution in [2.24, 2.45) is 5.73 Å². The molecule has 0 fully saturated rings. The molecular formula is C10H7BrF3N. The van der Waals surface area contributed by atoms with Gasteiger partial charge in [-0.1, -0.05) is 27.8 Å². The molecule has 0 saturated carbocycles. The Kier molecular flexibility index (Phi) is 3.77. The zero-order valence-corrected chi connectivity index (χ0v) is 9.11. The van der Waals surface area contributed by atoms with Gasteiger partial charge >= 0.3 is 6.18 Å². The minimum Gasteiger partial charge on any atom is -0.320 e. The molecule has 0 aliphatic carbocycles. The highest BCUT2D eigenvalue weighted by molar-refractivity contribution is 9.10. The van der Waals surface area contributed by atoms with E-state index in [4.69, 9.17) is 5.73 Å². The lowest BCUT2D eigenvalue weighted by Crippen LogP contribution is -2.07. The van der Waals surface area contributed by atoms with Crippen molar-refractivity contribution < 1.29 is 13.2 Å². The summed E-state index contributed by atoms with van der Waals surface area (Å²) in [5.41, 5.74) is 4.29. The van der Waals surface area contributed by atoms with E-state index in [1.807, 2.05) is 0 Å². The van der Waals surface area contributed by atoms with Gasteiger partial charge in [0, 0.05) is 10.0 Å². The van der Waals surface area contributed by atoms with E-state index in [9.17, 15) is 13.2 Å². The summed E-state index contributed by atoms with van der Waals surface area (Å²) in [5, 5.41) is 0. The Hall–Kier alpha value is -0.990. The monoisotopic (exact) mass is 277 g/mol. The summed E-state index contributed by atoms with van der Waals surface area (Å²) in [4.78, 5) is 0. The SMILES string of the molecule is NCC#Cc1ccc(Br)cc1C(F)(F)F. The van der Waals surface area contributed by atoms with Crippen LogP contribution >= 0.6 is 15.9 Å². The molecule has 0 heterocycles. The maximum Gasteiger partial charge on any atom is 0.417 e. The maximum absolute atomic E-state index is 12.5. The van der Waals surface area contributed by atoms with Crippen molar-refractivity contribution in [1.82, 2.24) is 0 Å². The first-order valence-corrected chi connectivity index (χ1v) is 4.80. The topological polar surface area (TPSA) is 26.0 Å². The molecular weight excluding hydrogens is 271 g/mol. The highest BCUT2D eigenvalue weighted by Gasteiger charge is 2.33. The lowest BCUT2D eigenvalue weighted by Gasteiger charge is -2.09. The summed E-state index contributed by atoms with van der Waals surface area (Å²) < 4.78 is 38.0. The van der Waals surface area contributed by atoms with Crippen LogP contribution in [0.3, 0.4) is 0 Å². The van der Waals surface area contributed by atoms with Gasteiger partial charge < -0.3 is 5.73 Å². The van der Waals surface area contributed by atoms with Gasteiger partial charge in [0.2, 0.25) is 0 Å². The van der Waals surface area contributed by atoms with Gasteiger partial charge in [-0.05, 0) is 18.2 Å². The fourth-order valence-electron chi connectivity index (χ4n) is 1.01. The molecule has 15 heavy (non-hydrogen) atoms. The van der Waals surface area contributed by atoms with Gasteiger partial charge in [0.15, 0.2) is 0 Å². The highest BCUT2D eigenvalue weighted by atomic mass is 79.9. The zero-order chi connectivity index (χ0) is 11.5. The van der Waals surface area contributed by atoms with Gasteiger partial charge in [-0.2, -0.15) is 13.2 Å². The lowest BCUT2D eigenvalue weighted by atomic mass is 10.1. The lowest BCUT2D eigenvalue weighted by molar-refractivity contribution is -0.137. The van der Waals surface area contributed by atoms with Gasteiger partial charge in [0.1, 0.15) is 0 Å². The third kappa shape index (κ3) is 3.26. The first-order chi connectivity index (χ1) is 6.95. The van der Waals surface area contributed by atoms with Crippen molar-refractivity contribution in [1.29, 1.82) is 0 Å². The molecule has 5 heteroatoms. The molecule has 0 aliphatic heterocycles. The maximum atomic E-state index is 12.5. The van der Waals surface area contributed by atoms with Crippen LogP contribution in [0.15, 0.2) is 22.7 Å². The van der Waals surface area contributed by atoms with Crippen molar-refractivity contribution in [3.63, 3.8) is 0 Å². The molecule has 2 N–H and O–H groups in total. The summed E-state index contributed by atoms with van der Waals surface area (Å²) in [7, 11) is 0. The predicted molar refractivity (Wildman–Crippen MR) is 55.1 cm³/mol. The Labute approximate surface area is 93.6 Å². The molecule has 1 nitrogen and oxygen atoms in total. The molecule has 0 spiro atoms. The second kappa shape index (κ2) is 4.69. The average Bonchev–Trinajstić information content (AvgIpc) is 2.14. The van der Waals surface area contributed by atoms with E-state index in [-0.39, 0.29) is 12.1 Å². The van der Waals surface area contributed by atoms with Crippen LogP contribution < -0.4 is 5.73 Å². The Morgan fingerprint density at radius 1 is 1.33 bits per heavy atom. The van der Waals surface area contributed by atoms with E-state index in [1.54, 1.807) is 0 Å². The number of alkyl halides is 3. The number of nitrogens with two attached hydrogens (primary N) is 1. The number of rotatable bonds is 0. The Morgan fingerprint density at radius 3 is 2.53 bits per heavy atom. The Morgan fingerprint density at radius 2 is 2.00 bits per heavy atom. The van der Waals surface area contributed by atoms with Gasteiger partial charge in [0.05, 0.1) is 12.1 Å². The summed E-state index contributed by atoms with van der Waals surface area (Å²) in [6.45, 7) is 0.0351. The van der Waals surface area contributed by atoms with Gasteiger partial charge in [0.25, 0.3) is 0 Å². The van der Waals surface area contributed by atoms with Gasteiger partial charge in [-0.25, -0.2) is 0 Å². The van der Waals surface area contributed by atoms with E-state index < -0.39 is 11.7 Å². The van der Waals surface area contributed by atoms with Gasteiger partial charge in [-0.15, -0.1) is 0 Å². The van der Waals surface area contributed by atoms with Crippen LogP contribution in [0.4, 0.5) is 13.2 Å². The van der Waals surface area contributed by atoms with Crippen LogP contribution in [0, 0.1) is 11.8 Å². The molecule has 1 aromatic rings. The number of benzene rings is 1. The molecule has 0 aliphatic rings. The van der Waals surface area contributed by atoms with E-state index in [0.717, 1.165) is 6.07 Å². The van der Waals surface area contributed by atoms with Crippen LogP contribution in [0.5, 0.6) is 0 Å². The number of hydrogen-bond donors (Lipinski definition) is 1. The fraction of sp³-hybridized carbons (Fsp3) is 0.200. The quantitative estimate of drug-likeness (QED) is 0.725. The largest absolute Gasteiger partial charge is 0.417 e. The van der Waals surface area contributed by atoms with Crippen molar-refractivity contribution in [3.05, 3.63) is 33.8 Å². The van der Waals surface area contributed by atoms with Crippen molar-refractivity contribution in [3.8, 4) is 11.8 Å². The van der Waals surface area contributed by atoms with Gasteiger partial charge in [-0.3, -0.25) is 0 Å². The molecule has 0 unspecified atom stereocenters. The first kappa shape index (κ1) is 12.1. The second-order valence-electron chi connectivity index (χ2n) is 2.69. The van der Waals surface area contributed by atoms with E-state index >= 15 is 0 Å². The molecule has 0 aromatic heterocycles. The summed E-state index contributed by atoms with van der Waals surface area (Å²) >= 11 is 2.98. The smallest absolute Gasteiger partial charge is 0.320 e. The third-order valence-electron chi connectivity index (χ3n) is 1.61. The van der Waals surface area contributed by atoms with Crippen LogP contribution in [-0.4, -0.2) is 6.54 Å². The summed E-state index contributed by atoms with van der Waals surface area (Å²) in [6.07, 6.45) is -4.40. The normalized spacial score (nSPS) is 10.7. The molecule has 80 valence electrons. The summed E-state index contributed by atoms with van der Waals surface area (Å²) in [5.74, 6) is 4.79. The molecule has 0 radical (unpaired) electrons. The molecule has 0 atom stereocenters. The van der Waals surface area contributed by atoms with Crippen LogP contribution in [0.1, 0.15) is 11.1 Å². The third-order valence-corrected chi connectivity index (χ3v) is 2.11. The van der Waals surface area contributed by atoms with Crippen molar-refractivity contribution in [2.75, 3.05) is 6.54 Å². The average molecular weight is 278 g/mol. The van der Waals surface area contributed by atoms with Crippen LogP contribution in [0.2, 0.25) is 0 Å². The minimum absolute atomic E-state index is 0.0351. The molecule has 1 aromatic carbocycles. The number of halogens is 4. The van der Waals surface area contributed by atoms with Crippen molar-refractivity contribution in [2.45, 2.75) is 6.18 Å². The second-order valence-corrected chi connectivity index (χ2v) is 3.61. The minimum atomic E-state index is -4.40. The van der Waals surface area contributed by atoms with Crippen LogP contribution in [0.25, 0.3) is 0 Å². The Balaban J connectivity index is 3.27. The molecule has 0 bridgehead atoms. The molecule has 1 rings (SSSR count). The zero-order valence-electron chi connectivity index (χ0n) is 7.53. The fourth-order valence-corrected chi connectivity index (χ4v) is 1.37. The predicted octanol–water partition coefficient (Wildman–Crippen LogP) is 2.78. The highest BCUT2D eigenvalue weighted by Crippen LogP contribution is 2.33. The number of hydrogen-bond acceptors (Lipinski definition) is 1. The van der Waals surface area contributed by atoms with E-state index in [2.05, 4.69) is 27.8 Å².